The molecule has 0 aliphatic carbocycles. The standard InChI is InChI=1S/C24H32N2O5SSi/c1-26(24(28)18-14-15-32(29,30)16-18)22(17-6-10-20(31-2)11-7-17)23(27)25-19-8-12-21(13-9-19)33(3,4)5/h6-13,18,22H,14-16H2,1-5H3,(H,25,27). The molecule has 9 heteroatoms. The van der Waals surface area contributed by atoms with Gasteiger partial charge in [-0.25, -0.2) is 8.42 Å². The van der Waals surface area contributed by atoms with Gasteiger partial charge in [-0.1, -0.05) is 49.1 Å². The second-order valence-corrected chi connectivity index (χ2v) is 16.8. The Balaban J connectivity index is 1.87. The number of rotatable bonds is 7. The second kappa shape index (κ2) is 9.68. The van der Waals surface area contributed by atoms with Crippen LogP contribution in [-0.4, -0.2) is 58.9 Å². The Morgan fingerprint density at radius 1 is 1.06 bits per heavy atom. The van der Waals surface area contributed by atoms with Crippen LogP contribution in [0.5, 0.6) is 5.75 Å². The SMILES string of the molecule is COc1ccc(C(C(=O)Nc2ccc([Si](C)(C)C)cc2)N(C)C(=O)C2CCS(=O)(=O)C2)cc1. The fourth-order valence-corrected chi connectivity index (χ4v) is 6.91. The highest BCUT2D eigenvalue weighted by molar-refractivity contribution is 7.91. The molecule has 178 valence electrons. The van der Waals surface area contributed by atoms with Gasteiger partial charge in [0.2, 0.25) is 5.91 Å². The fraction of sp³-hybridized carbons (Fsp3) is 0.417. The molecule has 1 fully saturated rings. The minimum absolute atomic E-state index is 0.0000840. The molecule has 2 aromatic carbocycles. The average molecular weight is 489 g/mol. The van der Waals surface area contributed by atoms with Crippen molar-refractivity contribution in [1.29, 1.82) is 0 Å². The van der Waals surface area contributed by atoms with Gasteiger partial charge in [0.1, 0.15) is 11.8 Å². The van der Waals surface area contributed by atoms with Crippen molar-refractivity contribution in [3.63, 3.8) is 0 Å². The van der Waals surface area contributed by atoms with Gasteiger partial charge in [-0.05, 0) is 36.2 Å². The molecule has 0 radical (unpaired) electrons. The maximum absolute atomic E-state index is 13.4. The molecule has 2 unspecified atom stereocenters. The van der Waals surface area contributed by atoms with Crippen LogP contribution in [0.1, 0.15) is 18.0 Å². The monoisotopic (exact) mass is 488 g/mol. The van der Waals surface area contributed by atoms with E-state index < -0.39 is 29.9 Å². The summed E-state index contributed by atoms with van der Waals surface area (Å²) in [7, 11) is -1.58. The summed E-state index contributed by atoms with van der Waals surface area (Å²) in [6.07, 6.45) is 0.278. The summed E-state index contributed by atoms with van der Waals surface area (Å²) < 4.78 is 29.0. The highest BCUT2D eigenvalue weighted by atomic mass is 32.2. The molecule has 1 aliphatic rings. The predicted octanol–water partition coefficient (Wildman–Crippen LogP) is 2.81. The van der Waals surface area contributed by atoms with Crippen molar-refractivity contribution < 1.29 is 22.7 Å². The minimum atomic E-state index is -3.22. The van der Waals surface area contributed by atoms with E-state index in [1.165, 1.54) is 10.1 Å². The Kier molecular flexibility index (Phi) is 7.33. The topological polar surface area (TPSA) is 92.8 Å². The molecule has 2 aromatic rings. The molecule has 33 heavy (non-hydrogen) atoms. The number of sulfone groups is 1. The Bertz CT molecular complexity index is 1110. The summed E-state index contributed by atoms with van der Waals surface area (Å²) in [6.45, 7) is 6.76. The summed E-state index contributed by atoms with van der Waals surface area (Å²) in [5.41, 5.74) is 1.26. The third-order valence-electron chi connectivity index (χ3n) is 6.01. The Hall–Kier alpha value is -2.65. The lowest BCUT2D eigenvalue weighted by Gasteiger charge is -2.29. The molecule has 0 aromatic heterocycles. The number of nitrogens with zero attached hydrogens (tertiary/aromatic N) is 1. The Labute approximate surface area is 197 Å². The van der Waals surface area contributed by atoms with Crippen LogP contribution in [0.4, 0.5) is 5.69 Å². The van der Waals surface area contributed by atoms with Crippen LogP contribution in [0.15, 0.2) is 48.5 Å². The van der Waals surface area contributed by atoms with Crippen molar-refractivity contribution in [2.24, 2.45) is 5.92 Å². The maximum atomic E-state index is 13.4. The lowest BCUT2D eigenvalue weighted by atomic mass is 10.0. The summed E-state index contributed by atoms with van der Waals surface area (Å²) in [4.78, 5) is 27.9. The summed E-state index contributed by atoms with van der Waals surface area (Å²) >= 11 is 0. The van der Waals surface area contributed by atoms with Crippen LogP contribution in [0.3, 0.4) is 0 Å². The van der Waals surface area contributed by atoms with E-state index in [1.807, 2.05) is 24.3 Å². The van der Waals surface area contributed by atoms with Gasteiger partial charge in [-0.2, -0.15) is 0 Å². The third kappa shape index (κ3) is 6.03. The normalized spacial score (nSPS) is 18.4. The molecule has 3 rings (SSSR count). The average Bonchev–Trinajstić information content (AvgIpc) is 3.13. The molecule has 0 spiro atoms. The molecule has 1 saturated heterocycles. The van der Waals surface area contributed by atoms with Gasteiger partial charge in [0.25, 0.3) is 5.91 Å². The van der Waals surface area contributed by atoms with E-state index in [0.717, 1.165) is 0 Å². The van der Waals surface area contributed by atoms with Crippen LogP contribution >= 0.6 is 0 Å². The number of anilines is 1. The Morgan fingerprint density at radius 2 is 1.67 bits per heavy atom. The quantitative estimate of drug-likeness (QED) is 0.605. The molecule has 1 heterocycles. The number of likely N-dealkylation sites (N-methyl/N-ethyl adjacent to an activating group) is 1. The summed E-state index contributed by atoms with van der Waals surface area (Å²) in [5, 5.41) is 4.20. The van der Waals surface area contributed by atoms with Crippen LogP contribution in [-0.2, 0) is 19.4 Å². The lowest BCUT2D eigenvalue weighted by molar-refractivity contribution is -0.140. The first kappa shape index (κ1) is 25.0. The fourth-order valence-electron chi connectivity index (χ4n) is 4.01. The van der Waals surface area contributed by atoms with Crippen molar-refractivity contribution in [3.05, 3.63) is 54.1 Å². The first-order chi connectivity index (χ1) is 15.4. The number of nitrogens with one attached hydrogen (secondary N) is 1. The Morgan fingerprint density at radius 3 is 2.15 bits per heavy atom. The third-order valence-corrected chi connectivity index (χ3v) is 9.85. The van der Waals surface area contributed by atoms with Crippen molar-refractivity contribution in [1.82, 2.24) is 4.90 Å². The number of hydrogen-bond acceptors (Lipinski definition) is 5. The highest BCUT2D eigenvalue weighted by Crippen LogP contribution is 2.28. The number of benzene rings is 2. The first-order valence-electron chi connectivity index (χ1n) is 10.9. The van der Waals surface area contributed by atoms with Gasteiger partial charge in [0.15, 0.2) is 9.84 Å². The van der Waals surface area contributed by atoms with E-state index in [2.05, 4.69) is 25.0 Å². The van der Waals surface area contributed by atoms with Crippen molar-refractivity contribution in [3.8, 4) is 5.75 Å². The van der Waals surface area contributed by atoms with Crippen LogP contribution in [0.25, 0.3) is 0 Å². The molecular weight excluding hydrogens is 456 g/mol. The molecule has 1 aliphatic heterocycles. The van der Waals surface area contributed by atoms with Gasteiger partial charge in [-0.15, -0.1) is 0 Å². The van der Waals surface area contributed by atoms with Crippen molar-refractivity contribution in [2.45, 2.75) is 32.1 Å². The number of amides is 2. The minimum Gasteiger partial charge on any atom is -0.497 e. The molecule has 7 nitrogen and oxygen atoms in total. The molecule has 2 atom stereocenters. The van der Waals surface area contributed by atoms with Crippen LogP contribution < -0.4 is 15.2 Å². The van der Waals surface area contributed by atoms with E-state index in [1.54, 1.807) is 38.4 Å². The van der Waals surface area contributed by atoms with E-state index in [-0.39, 0.29) is 29.7 Å². The number of methoxy groups -OCH3 is 1. The van der Waals surface area contributed by atoms with Crippen molar-refractivity contribution in [2.75, 3.05) is 31.0 Å². The zero-order valence-electron chi connectivity index (χ0n) is 19.8. The smallest absolute Gasteiger partial charge is 0.251 e. The number of hydrogen-bond donors (Lipinski definition) is 1. The van der Waals surface area contributed by atoms with E-state index in [9.17, 15) is 18.0 Å². The van der Waals surface area contributed by atoms with E-state index in [4.69, 9.17) is 4.74 Å². The van der Waals surface area contributed by atoms with Crippen molar-refractivity contribution >= 4 is 40.6 Å². The molecule has 0 bridgehead atoms. The lowest BCUT2D eigenvalue weighted by Crippen LogP contribution is -2.42. The maximum Gasteiger partial charge on any atom is 0.251 e. The molecule has 2 amide bonds. The molecular formula is C24H32N2O5SSi. The largest absolute Gasteiger partial charge is 0.497 e. The van der Waals surface area contributed by atoms with Gasteiger partial charge >= 0.3 is 0 Å². The van der Waals surface area contributed by atoms with Crippen LogP contribution in [0.2, 0.25) is 19.6 Å². The zero-order chi connectivity index (χ0) is 24.4. The predicted molar refractivity (Wildman–Crippen MR) is 133 cm³/mol. The van der Waals surface area contributed by atoms with Gasteiger partial charge in [0.05, 0.1) is 32.6 Å². The molecule has 1 N–H and O–H groups in total. The summed E-state index contributed by atoms with van der Waals surface area (Å²) in [6, 6.07) is 13.9. The number of carbonyl (C=O) groups excluding carboxylic acids is 2. The second-order valence-electron chi connectivity index (χ2n) is 9.54. The number of ether oxygens (including phenoxy) is 1. The van der Waals surface area contributed by atoms with E-state index >= 15 is 0 Å². The molecule has 0 saturated carbocycles. The highest BCUT2D eigenvalue weighted by Gasteiger charge is 2.38. The first-order valence-corrected chi connectivity index (χ1v) is 16.3. The van der Waals surface area contributed by atoms with E-state index in [0.29, 0.717) is 17.0 Å². The number of carbonyl (C=O) groups is 2. The van der Waals surface area contributed by atoms with Gasteiger partial charge in [0, 0.05) is 12.7 Å². The van der Waals surface area contributed by atoms with Gasteiger partial charge < -0.3 is 15.0 Å². The summed E-state index contributed by atoms with van der Waals surface area (Å²) in [5.74, 6) is -0.884. The zero-order valence-corrected chi connectivity index (χ0v) is 21.6. The van der Waals surface area contributed by atoms with Gasteiger partial charge in [-0.3, -0.25) is 9.59 Å². The van der Waals surface area contributed by atoms with Crippen LogP contribution in [0, 0.1) is 5.92 Å².